The maximum atomic E-state index is 13.1. The van der Waals surface area contributed by atoms with Crippen molar-refractivity contribution in [2.24, 2.45) is 0 Å². The molecule has 1 aromatic carbocycles. The Morgan fingerprint density at radius 2 is 2.10 bits per heavy atom. The summed E-state index contributed by atoms with van der Waals surface area (Å²) in [4.78, 5) is 17.6. The van der Waals surface area contributed by atoms with Crippen LogP contribution in [0.15, 0.2) is 36.5 Å². The van der Waals surface area contributed by atoms with E-state index in [-0.39, 0.29) is 10.7 Å². The minimum absolute atomic E-state index is 0.00178. The fourth-order valence-electron chi connectivity index (χ4n) is 1.64. The standard InChI is InChI=1S/C14H13ClFN3O/c1-19(2)11-5-3-4-10(7-11)18-14(20)12-6-9(16)8-17-13(12)15/h3-8H,1-2H3,(H,18,20). The highest BCUT2D eigenvalue weighted by Crippen LogP contribution is 2.20. The molecule has 0 saturated heterocycles. The molecule has 4 nitrogen and oxygen atoms in total. The smallest absolute Gasteiger partial charge is 0.258 e. The van der Waals surface area contributed by atoms with Crippen LogP contribution in [-0.4, -0.2) is 25.0 Å². The lowest BCUT2D eigenvalue weighted by atomic mass is 10.2. The van der Waals surface area contributed by atoms with Gasteiger partial charge in [-0.05, 0) is 24.3 Å². The summed E-state index contributed by atoms with van der Waals surface area (Å²) in [6.45, 7) is 0. The summed E-state index contributed by atoms with van der Waals surface area (Å²) in [6.07, 6.45) is 0.964. The van der Waals surface area contributed by atoms with Crippen LogP contribution in [0.4, 0.5) is 15.8 Å². The maximum absolute atomic E-state index is 13.1. The second-order valence-electron chi connectivity index (χ2n) is 4.39. The molecular weight excluding hydrogens is 281 g/mol. The van der Waals surface area contributed by atoms with Crippen LogP contribution in [-0.2, 0) is 0 Å². The molecule has 0 radical (unpaired) electrons. The van der Waals surface area contributed by atoms with Gasteiger partial charge >= 0.3 is 0 Å². The van der Waals surface area contributed by atoms with Crippen molar-refractivity contribution < 1.29 is 9.18 Å². The zero-order chi connectivity index (χ0) is 14.7. The molecule has 6 heteroatoms. The minimum Gasteiger partial charge on any atom is -0.378 e. The molecule has 2 aromatic rings. The second kappa shape index (κ2) is 5.88. The number of carbonyl (C=O) groups is 1. The number of anilines is 2. The van der Waals surface area contributed by atoms with E-state index in [2.05, 4.69) is 10.3 Å². The molecular formula is C14H13ClFN3O. The second-order valence-corrected chi connectivity index (χ2v) is 4.75. The van der Waals surface area contributed by atoms with Crippen LogP contribution < -0.4 is 10.2 Å². The SMILES string of the molecule is CN(C)c1cccc(NC(=O)c2cc(F)cnc2Cl)c1. The monoisotopic (exact) mass is 293 g/mol. The van der Waals surface area contributed by atoms with Crippen LogP contribution >= 0.6 is 11.6 Å². The highest BCUT2D eigenvalue weighted by atomic mass is 35.5. The zero-order valence-electron chi connectivity index (χ0n) is 11.0. The predicted octanol–water partition coefficient (Wildman–Crippen LogP) is 3.19. The minimum atomic E-state index is -0.610. The maximum Gasteiger partial charge on any atom is 0.258 e. The van der Waals surface area contributed by atoms with Gasteiger partial charge in [0, 0.05) is 25.5 Å². The number of halogens is 2. The zero-order valence-corrected chi connectivity index (χ0v) is 11.8. The number of carbonyl (C=O) groups excluding carboxylic acids is 1. The molecule has 1 amide bonds. The molecule has 0 spiro atoms. The number of nitrogens with zero attached hydrogens (tertiary/aromatic N) is 2. The lowest BCUT2D eigenvalue weighted by Crippen LogP contribution is -2.14. The molecule has 0 unspecified atom stereocenters. The van der Waals surface area contributed by atoms with E-state index in [0.29, 0.717) is 5.69 Å². The molecule has 0 aliphatic rings. The van der Waals surface area contributed by atoms with E-state index >= 15 is 0 Å². The molecule has 0 fully saturated rings. The Morgan fingerprint density at radius 1 is 1.35 bits per heavy atom. The third-order valence-electron chi connectivity index (χ3n) is 2.67. The Bertz CT molecular complexity index is 646. The van der Waals surface area contributed by atoms with Gasteiger partial charge in [0.05, 0.1) is 11.8 Å². The average Bonchev–Trinajstić information content (AvgIpc) is 2.41. The Kier molecular flexibility index (Phi) is 4.20. The number of benzene rings is 1. The van der Waals surface area contributed by atoms with E-state index in [4.69, 9.17) is 11.6 Å². The van der Waals surface area contributed by atoms with Crippen molar-refractivity contribution in [2.75, 3.05) is 24.3 Å². The molecule has 0 saturated carbocycles. The first-order valence-electron chi connectivity index (χ1n) is 5.87. The molecule has 20 heavy (non-hydrogen) atoms. The summed E-state index contributed by atoms with van der Waals surface area (Å²) >= 11 is 5.79. The summed E-state index contributed by atoms with van der Waals surface area (Å²) in [6, 6.07) is 8.33. The summed E-state index contributed by atoms with van der Waals surface area (Å²) in [5, 5.41) is 2.63. The summed E-state index contributed by atoms with van der Waals surface area (Å²) in [7, 11) is 3.79. The Balaban J connectivity index is 2.23. The van der Waals surface area contributed by atoms with Crippen molar-refractivity contribution in [3.63, 3.8) is 0 Å². The molecule has 2 rings (SSSR count). The van der Waals surface area contributed by atoms with Crippen LogP contribution in [0.1, 0.15) is 10.4 Å². The predicted molar refractivity (Wildman–Crippen MR) is 77.9 cm³/mol. The van der Waals surface area contributed by atoms with Crippen molar-refractivity contribution in [3.05, 3.63) is 53.1 Å². The molecule has 1 heterocycles. The average molecular weight is 294 g/mol. The highest BCUT2D eigenvalue weighted by molar-refractivity contribution is 6.33. The van der Waals surface area contributed by atoms with Gasteiger partial charge in [-0.2, -0.15) is 0 Å². The quantitative estimate of drug-likeness (QED) is 0.884. The topological polar surface area (TPSA) is 45.2 Å². The first-order chi connectivity index (χ1) is 9.47. The van der Waals surface area contributed by atoms with E-state index in [1.54, 1.807) is 12.1 Å². The fraction of sp³-hybridized carbons (Fsp3) is 0.143. The lowest BCUT2D eigenvalue weighted by Gasteiger charge is -2.14. The van der Waals surface area contributed by atoms with E-state index in [1.165, 1.54) is 0 Å². The normalized spacial score (nSPS) is 10.2. The first kappa shape index (κ1) is 14.3. The van der Waals surface area contributed by atoms with Crippen molar-refractivity contribution >= 4 is 28.9 Å². The van der Waals surface area contributed by atoms with Crippen LogP contribution in [0.3, 0.4) is 0 Å². The number of pyridine rings is 1. The van der Waals surface area contributed by atoms with Crippen molar-refractivity contribution in [2.45, 2.75) is 0 Å². The lowest BCUT2D eigenvalue weighted by molar-refractivity contribution is 0.102. The Hall–Kier alpha value is -2.14. The van der Waals surface area contributed by atoms with E-state index in [9.17, 15) is 9.18 Å². The number of nitrogens with one attached hydrogen (secondary N) is 1. The summed E-state index contributed by atoms with van der Waals surface area (Å²) in [5.41, 5.74) is 1.54. The molecule has 1 aromatic heterocycles. The third kappa shape index (κ3) is 3.24. The molecule has 1 N–H and O–H groups in total. The van der Waals surface area contributed by atoms with Gasteiger partial charge in [0.25, 0.3) is 5.91 Å². The van der Waals surface area contributed by atoms with Crippen LogP contribution in [0.5, 0.6) is 0 Å². The van der Waals surface area contributed by atoms with Gasteiger partial charge in [-0.25, -0.2) is 9.37 Å². The van der Waals surface area contributed by atoms with Gasteiger partial charge < -0.3 is 10.2 Å². The van der Waals surface area contributed by atoms with Crippen molar-refractivity contribution in [1.29, 1.82) is 0 Å². The number of aromatic nitrogens is 1. The molecule has 0 aliphatic carbocycles. The summed E-state index contributed by atoms with van der Waals surface area (Å²) < 4.78 is 13.1. The Morgan fingerprint density at radius 3 is 2.80 bits per heavy atom. The van der Waals surface area contributed by atoms with Crippen molar-refractivity contribution in [1.82, 2.24) is 4.98 Å². The van der Waals surface area contributed by atoms with Crippen LogP contribution in [0.2, 0.25) is 5.15 Å². The van der Waals surface area contributed by atoms with Gasteiger partial charge in [0.15, 0.2) is 0 Å². The number of hydrogen-bond acceptors (Lipinski definition) is 3. The Labute approximate surface area is 121 Å². The molecule has 0 bridgehead atoms. The number of amides is 1. The van der Waals surface area contributed by atoms with E-state index in [0.717, 1.165) is 18.0 Å². The van der Waals surface area contributed by atoms with E-state index in [1.807, 2.05) is 31.1 Å². The van der Waals surface area contributed by atoms with Gasteiger partial charge in [-0.15, -0.1) is 0 Å². The first-order valence-corrected chi connectivity index (χ1v) is 6.25. The fourth-order valence-corrected chi connectivity index (χ4v) is 1.83. The van der Waals surface area contributed by atoms with Gasteiger partial charge in [0.1, 0.15) is 11.0 Å². The molecule has 104 valence electrons. The largest absolute Gasteiger partial charge is 0.378 e. The molecule has 0 aliphatic heterocycles. The highest BCUT2D eigenvalue weighted by Gasteiger charge is 2.13. The van der Waals surface area contributed by atoms with Crippen LogP contribution in [0.25, 0.3) is 0 Å². The van der Waals surface area contributed by atoms with Gasteiger partial charge in [-0.3, -0.25) is 4.79 Å². The van der Waals surface area contributed by atoms with Crippen molar-refractivity contribution in [3.8, 4) is 0 Å². The van der Waals surface area contributed by atoms with E-state index < -0.39 is 11.7 Å². The number of hydrogen-bond donors (Lipinski definition) is 1. The molecule has 0 atom stereocenters. The number of rotatable bonds is 3. The van der Waals surface area contributed by atoms with Gasteiger partial charge in [0.2, 0.25) is 0 Å². The van der Waals surface area contributed by atoms with Crippen LogP contribution in [0, 0.1) is 5.82 Å². The summed E-state index contributed by atoms with van der Waals surface area (Å²) in [5.74, 6) is -1.11. The van der Waals surface area contributed by atoms with Gasteiger partial charge in [-0.1, -0.05) is 17.7 Å². The third-order valence-corrected chi connectivity index (χ3v) is 2.97.